The Morgan fingerprint density at radius 2 is 1.82 bits per heavy atom. The van der Waals surface area contributed by atoms with Crippen molar-refractivity contribution >= 4 is 5.97 Å². The highest BCUT2D eigenvalue weighted by molar-refractivity contribution is 5.71. The Hall–Kier alpha value is -5.18. The highest BCUT2D eigenvalue weighted by Gasteiger charge is 2.21. The number of carboxylic acid groups (broad SMARTS) is 1. The molecule has 1 aliphatic heterocycles. The van der Waals surface area contributed by atoms with Gasteiger partial charge in [0.15, 0.2) is 23.1 Å². The van der Waals surface area contributed by atoms with Crippen LogP contribution in [0.15, 0.2) is 67.0 Å². The molecule has 0 saturated carbocycles. The van der Waals surface area contributed by atoms with Crippen LogP contribution < -0.4 is 18.9 Å². The number of aliphatic carboxylic acids is 1. The lowest BCUT2D eigenvalue weighted by molar-refractivity contribution is -0.141. The van der Waals surface area contributed by atoms with E-state index in [0.717, 1.165) is 22.3 Å². The molecule has 3 aromatic carbocycles. The van der Waals surface area contributed by atoms with E-state index in [2.05, 4.69) is 4.98 Å². The quantitative estimate of drug-likeness (QED) is 0.205. The lowest BCUT2D eigenvalue weighted by atomic mass is 9.96. The van der Waals surface area contributed by atoms with Gasteiger partial charge in [-0.2, -0.15) is 5.26 Å². The Kier molecular flexibility index (Phi) is 9.77. The number of carbonyl (C=O) groups is 1. The maximum Gasteiger partial charge on any atom is 0.317 e. The van der Waals surface area contributed by atoms with Gasteiger partial charge in [-0.25, -0.2) is 4.39 Å². The minimum absolute atomic E-state index is 0.00485. The number of rotatable bonds is 12. The number of aromatic nitrogens is 1. The summed E-state index contributed by atoms with van der Waals surface area (Å²) in [6.45, 7) is 3.88. The van der Waals surface area contributed by atoms with Gasteiger partial charge in [-0.3, -0.25) is 14.7 Å². The first-order valence-electron chi connectivity index (χ1n) is 14.3. The lowest BCUT2D eigenvalue weighted by Gasteiger charge is -2.25. The number of aliphatic hydroxyl groups is 1. The van der Waals surface area contributed by atoms with Gasteiger partial charge in [-0.15, -0.1) is 0 Å². The van der Waals surface area contributed by atoms with Crippen LogP contribution >= 0.6 is 0 Å². The SMILES string of the molecule is Cc1c(COc2cc(OCc3cncc(C#N)c3)c(CN(CC(=O)O)[C@H](C)O)cc2F)cccc1-c1ccc2c(c1)OCCO2. The molecule has 0 bridgehead atoms. The van der Waals surface area contributed by atoms with Crippen LogP contribution in [0.1, 0.15) is 34.7 Å². The number of fused-ring (bicyclic) bond motifs is 1. The summed E-state index contributed by atoms with van der Waals surface area (Å²) in [6, 6.07) is 17.9. The van der Waals surface area contributed by atoms with E-state index < -0.39 is 24.6 Å². The fraction of sp³-hybridized carbons (Fsp3) is 0.265. The van der Waals surface area contributed by atoms with Crippen LogP contribution in [0.3, 0.4) is 0 Å². The predicted octanol–water partition coefficient (Wildman–Crippen LogP) is 5.22. The van der Waals surface area contributed by atoms with Gasteiger partial charge in [0.05, 0.1) is 12.1 Å². The second-order valence-corrected chi connectivity index (χ2v) is 10.5. The minimum atomic E-state index is -1.15. The van der Waals surface area contributed by atoms with E-state index in [0.29, 0.717) is 41.4 Å². The third kappa shape index (κ3) is 7.67. The van der Waals surface area contributed by atoms with Crippen molar-refractivity contribution in [2.45, 2.75) is 39.8 Å². The maximum absolute atomic E-state index is 15.5. The second kappa shape index (κ2) is 14.1. The van der Waals surface area contributed by atoms with Gasteiger partial charge in [0, 0.05) is 36.1 Å². The number of benzene rings is 3. The Bertz CT molecular complexity index is 1740. The number of nitriles is 1. The van der Waals surface area contributed by atoms with Crippen LogP contribution in [-0.4, -0.2) is 52.1 Å². The van der Waals surface area contributed by atoms with Gasteiger partial charge in [0.2, 0.25) is 0 Å². The zero-order valence-corrected chi connectivity index (χ0v) is 24.8. The summed E-state index contributed by atoms with van der Waals surface area (Å²) in [4.78, 5) is 16.7. The molecule has 0 amide bonds. The number of pyridine rings is 1. The molecule has 4 aromatic rings. The number of hydrogen-bond donors (Lipinski definition) is 2. The summed E-state index contributed by atoms with van der Waals surface area (Å²) in [6.07, 6.45) is 1.86. The molecule has 5 rings (SSSR count). The largest absolute Gasteiger partial charge is 0.488 e. The second-order valence-electron chi connectivity index (χ2n) is 10.5. The zero-order chi connectivity index (χ0) is 31.9. The van der Waals surface area contributed by atoms with Crippen molar-refractivity contribution in [3.05, 3.63) is 101 Å². The fourth-order valence-corrected chi connectivity index (χ4v) is 4.96. The molecule has 1 aromatic heterocycles. The third-order valence-electron chi connectivity index (χ3n) is 7.36. The molecule has 0 unspecified atom stereocenters. The molecular weight excluding hydrogens is 581 g/mol. The molecule has 0 radical (unpaired) electrons. The van der Waals surface area contributed by atoms with Crippen LogP contribution in [-0.2, 0) is 24.6 Å². The molecule has 10 nitrogen and oxygen atoms in total. The molecule has 0 fully saturated rings. The summed E-state index contributed by atoms with van der Waals surface area (Å²) >= 11 is 0. The Labute approximate surface area is 259 Å². The smallest absolute Gasteiger partial charge is 0.317 e. The van der Waals surface area contributed by atoms with Gasteiger partial charge >= 0.3 is 5.97 Å². The lowest BCUT2D eigenvalue weighted by Crippen LogP contribution is -2.36. The first-order chi connectivity index (χ1) is 21.7. The zero-order valence-electron chi connectivity index (χ0n) is 24.8. The van der Waals surface area contributed by atoms with Gasteiger partial charge < -0.3 is 29.2 Å². The molecule has 1 atom stereocenters. The van der Waals surface area contributed by atoms with Gasteiger partial charge in [-0.05, 0) is 60.4 Å². The van der Waals surface area contributed by atoms with Crippen molar-refractivity contribution in [2.24, 2.45) is 0 Å². The standard InChI is InChI=1S/C34H32FN3O7/c1-21-26(4-3-5-28(21)25-6-7-30-33(12-25)43-9-8-42-30)20-45-32-13-31(44-19-24-10-23(14-36)15-37-16-24)27(11-29(32)35)17-38(22(2)39)18-34(40)41/h3-7,10-13,15-16,22,39H,8-9,17-20H2,1-2H3,(H,40,41)/t22-/m0/s1. The number of aliphatic hydroxyl groups excluding tert-OH is 1. The number of nitrogens with zero attached hydrogens (tertiary/aromatic N) is 3. The summed E-state index contributed by atoms with van der Waals surface area (Å²) in [5, 5.41) is 28.7. The average molecular weight is 614 g/mol. The van der Waals surface area contributed by atoms with Gasteiger partial charge in [0.1, 0.15) is 44.5 Å². The van der Waals surface area contributed by atoms with E-state index in [1.54, 1.807) is 12.3 Å². The molecule has 2 heterocycles. The van der Waals surface area contributed by atoms with E-state index in [4.69, 9.17) is 18.9 Å². The van der Waals surface area contributed by atoms with Crippen molar-refractivity contribution in [1.29, 1.82) is 5.26 Å². The summed E-state index contributed by atoms with van der Waals surface area (Å²) in [7, 11) is 0. The van der Waals surface area contributed by atoms with Gasteiger partial charge in [0.25, 0.3) is 0 Å². The van der Waals surface area contributed by atoms with Crippen molar-refractivity contribution in [1.82, 2.24) is 9.88 Å². The summed E-state index contributed by atoms with van der Waals surface area (Å²) in [5.41, 5.74) is 4.99. The van der Waals surface area contributed by atoms with E-state index in [1.807, 2.05) is 49.4 Å². The molecule has 2 N–H and O–H groups in total. The third-order valence-corrected chi connectivity index (χ3v) is 7.36. The normalized spacial score (nSPS) is 12.8. The van der Waals surface area contributed by atoms with Crippen molar-refractivity contribution in [2.75, 3.05) is 19.8 Å². The van der Waals surface area contributed by atoms with Crippen LogP contribution in [0.2, 0.25) is 0 Å². The van der Waals surface area contributed by atoms with Crippen molar-refractivity contribution in [3.63, 3.8) is 0 Å². The molecular formula is C34H32FN3O7. The molecule has 0 spiro atoms. The van der Waals surface area contributed by atoms with Crippen LogP contribution in [0.25, 0.3) is 11.1 Å². The fourth-order valence-electron chi connectivity index (χ4n) is 4.96. The van der Waals surface area contributed by atoms with Crippen LogP contribution in [0.4, 0.5) is 4.39 Å². The molecule has 1 aliphatic rings. The van der Waals surface area contributed by atoms with Crippen molar-refractivity contribution in [3.8, 4) is 40.2 Å². The van der Waals surface area contributed by atoms with Crippen LogP contribution in [0.5, 0.6) is 23.0 Å². The number of carboxylic acids is 1. The van der Waals surface area contributed by atoms with E-state index >= 15 is 4.39 Å². The molecule has 45 heavy (non-hydrogen) atoms. The van der Waals surface area contributed by atoms with E-state index in [1.165, 1.54) is 30.2 Å². The first-order valence-corrected chi connectivity index (χ1v) is 14.3. The first kappa shape index (κ1) is 31.3. The maximum atomic E-state index is 15.5. The Balaban J connectivity index is 1.40. The summed E-state index contributed by atoms with van der Waals surface area (Å²) in [5.74, 6) is -0.274. The molecule has 0 aliphatic carbocycles. The van der Waals surface area contributed by atoms with Crippen molar-refractivity contribution < 1.29 is 38.3 Å². The summed E-state index contributed by atoms with van der Waals surface area (Å²) < 4.78 is 38.8. The topological polar surface area (TPSA) is 134 Å². The minimum Gasteiger partial charge on any atom is -0.488 e. The Morgan fingerprint density at radius 1 is 1.04 bits per heavy atom. The van der Waals surface area contributed by atoms with Gasteiger partial charge in [-0.1, -0.05) is 24.3 Å². The number of ether oxygens (including phenoxy) is 4. The number of halogens is 1. The Morgan fingerprint density at radius 3 is 2.58 bits per heavy atom. The predicted molar refractivity (Wildman–Crippen MR) is 161 cm³/mol. The monoisotopic (exact) mass is 613 g/mol. The van der Waals surface area contributed by atoms with Crippen LogP contribution in [0, 0.1) is 24.1 Å². The molecule has 0 saturated heterocycles. The molecule has 232 valence electrons. The molecule has 11 heteroatoms. The highest BCUT2D eigenvalue weighted by Crippen LogP contribution is 2.37. The van der Waals surface area contributed by atoms with E-state index in [9.17, 15) is 20.3 Å². The number of hydrogen-bond acceptors (Lipinski definition) is 9. The average Bonchev–Trinajstić information content (AvgIpc) is 3.03. The van der Waals surface area contributed by atoms with E-state index in [-0.39, 0.29) is 31.3 Å². The highest BCUT2D eigenvalue weighted by atomic mass is 19.1.